The van der Waals surface area contributed by atoms with Crippen LogP contribution in [0.15, 0.2) is 65.6 Å². The Labute approximate surface area is 172 Å². The van der Waals surface area contributed by atoms with Crippen molar-refractivity contribution in [3.05, 3.63) is 83.4 Å². The number of aryl methyl sites for hydroxylation is 1. The van der Waals surface area contributed by atoms with E-state index in [2.05, 4.69) is 10.0 Å². The highest BCUT2D eigenvalue weighted by atomic mass is 32.2. The predicted molar refractivity (Wildman–Crippen MR) is 109 cm³/mol. The lowest BCUT2D eigenvalue weighted by Crippen LogP contribution is -2.17. The standard InChI is InChI=1S/C21H18F2N2O4S/c1-13-11-15(22)4-10-19(13)24-21(26)14-3-9-18(23)20(12-14)30(27,28)25-16-5-7-17(29-2)8-6-16/h3-12,25H,1-2H3,(H,24,26). The molecule has 156 valence electrons. The number of halogens is 2. The van der Waals surface area contributed by atoms with Gasteiger partial charge in [0.25, 0.3) is 15.9 Å². The van der Waals surface area contributed by atoms with Crippen molar-refractivity contribution in [2.24, 2.45) is 0 Å². The van der Waals surface area contributed by atoms with E-state index in [1.165, 1.54) is 37.4 Å². The Hall–Kier alpha value is -3.46. The van der Waals surface area contributed by atoms with E-state index >= 15 is 0 Å². The maximum atomic E-state index is 14.3. The SMILES string of the molecule is COc1ccc(NS(=O)(=O)c2cc(C(=O)Nc3ccc(F)cc3C)ccc2F)cc1. The lowest BCUT2D eigenvalue weighted by atomic mass is 10.1. The van der Waals surface area contributed by atoms with E-state index in [1.807, 2.05) is 0 Å². The number of sulfonamides is 1. The van der Waals surface area contributed by atoms with Crippen molar-refractivity contribution in [2.45, 2.75) is 11.8 Å². The second kappa shape index (κ2) is 8.50. The van der Waals surface area contributed by atoms with E-state index in [4.69, 9.17) is 4.74 Å². The summed E-state index contributed by atoms with van der Waals surface area (Å²) in [5.41, 5.74) is 0.966. The summed E-state index contributed by atoms with van der Waals surface area (Å²) in [5, 5.41) is 2.56. The molecule has 0 radical (unpaired) electrons. The highest BCUT2D eigenvalue weighted by Gasteiger charge is 2.22. The zero-order chi connectivity index (χ0) is 21.9. The summed E-state index contributed by atoms with van der Waals surface area (Å²) in [6.07, 6.45) is 0. The molecule has 0 aromatic heterocycles. The Morgan fingerprint density at radius 2 is 1.67 bits per heavy atom. The van der Waals surface area contributed by atoms with Crippen molar-refractivity contribution in [3.8, 4) is 5.75 Å². The fourth-order valence-electron chi connectivity index (χ4n) is 2.68. The average Bonchev–Trinajstić information content (AvgIpc) is 2.70. The number of nitrogens with one attached hydrogen (secondary N) is 2. The van der Waals surface area contributed by atoms with Crippen LogP contribution in [0.3, 0.4) is 0 Å². The van der Waals surface area contributed by atoms with Gasteiger partial charge >= 0.3 is 0 Å². The molecule has 30 heavy (non-hydrogen) atoms. The maximum absolute atomic E-state index is 14.3. The second-order valence-electron chi connectivity index (χ2n) is 6.39. The molecule has 0 aliphatic carbocycles. The van der Waals surface area contributed by atoms with Crippen molar-refractivity contribution >= 4 is 27.3 Å². The fraction of sp³-hybridized carbons (Fsp3) is 0.0952. The Morgan fingerprint density at radius 1 is 0.967 bits per heavy atom. The number of methoxy groups -OCH3 is 1. The number of anilines is 2. The second-order valence-corrected chi connectivity index (χ2v) is 8.04. The molecule has 0 fully saturated rings. The maximum Gasteiger partial charge on any atom is 0.264 e. The van der Waals surface area contributed by atoms with Gasteiger partial charge in [-0.1, -0.05) is 0 Å². The predicted octanol–water partition coefficient (Wildman–Crippen LogP) is 4.33. The van der Waals surface area contributed by atoms with Gasteiger partial charge in [0.1, 0.15) is 22.3 Å². The average molecular weight is 432 g/mol. The van der Waals surface area contributed by atoms with Crippen LogP contribution in [0.4, 0.5) is 20.2 Å². The molecule has 1 amide bonds. The van der Waals surface area contributed by atoms with E-state index in [1.54, 1.807) is 19.1 Å². The first-order chi connectivity index (χ1) is 14.2. The van der Waals surface area contributed by atoms with Crippen LogP contribution in [0, 0.1) is 18.6 Å². The molecule has 3 aromatic rings. The number of amides is 1. The smallest absolute Gasteiger partial charge is 0.264 e. The van der Waals surface area contributed by atoms with Gasteiger partial charge < -0.3 is 10.1 Å². The molecule has 9 heteroatoms. The largest absolute Gasteiger partial charge is 0.497 e. The third-order valence-corrected chi connectivity index (χ3v) is 5.66. The van der Waals surface area contributed by atoms with Crippen molar-refractivity contribution in [1.29, 1.82) is 0 Å². The molecule has 0 spiro atoms. The molecular formula is C21H18F2N2O4S. The van der Waals surface area contributed by atoms with Crippen LogP contribution in [0.1, 0.15) is 15.9 Å². The molecule has 3 rings (SSSR count). The molecule has 0 aliphatic heterocycles. The molecule has 0 saturated carbocycles. The van der Waals surface area contributed by atoms with E-state index < -0.39 is 32.5 Å². The molecule has 0 aliphatic rings. The first-order valence-corrected chi connectivity index (χ1v) is 10.2. The number of carbonyl (C=O) groups excluding carboxylic acids is 1. The van der Waals surface area contributed by atoms with Crippen molar-refractivity contribution in [3.63, 3.8) is 0 Å². The van der Waals surface area contributed by atoms with E-state index in [9.17, 15) is 22.0 Å². The number of benzene rings is 3. The van der Waals surface area contributed by atoms with Crippen LogP contribution < -0.4 is 14.8 Å². The fourth-order valence-corrected chi connectivity index (χ4v) is 3.84. The highest BCUT2D eigenvalue weighted by molar-refractivity contribution is 7.92. The Morgan fingerprint density at radius 3 is 2.30 bits per heavy atom. The molecule has 6 nitrogen and oxygen atoms in total. The van der Waals surface area contributed by atoms with E-state index in [0.717, 1.165) is 18.2 Å². The summed E-state index contributed by atoms with van der Waals surface area (Å²) in [7, 11) is -2.83. The zero-order valence-electron chi connectivity index (χ0n) is 16.1. The van der Waals surface area contributed by atoms with Gasteiger partial charge in [0.2, 0.25) is 0 Å². The van der Waals surface area contributed by atoms with Gasteiger partial charge in [0.15, 0.2) is 0 Å². The van der Waals surface area contributed by atoms with Crippen LogP contribution in [0.25, 0.3) is 0 Å². The molecule has 0 unspecified atom stereocenters. The summed E-state index contributed by atoms with van der Waals surface area (Å²) in [6, 6.07) is 12.8. The molecule has 3 aromatic carbocycles. The monoisotopic (exact) mass is 432 g/mol. The Balaban J connectivity index is 1.86. The normalized spacial score (nSPS) is 11.1. The number of ether oxygens (including phenoxy) is 1. The zero-order valence-corrected chi connectivity index (χ0v) is 16.9. The third-order valence-electron chi connectivity index (χ3n) is 4.26. The van der Waals surface area contributed by atoms with Crippen LogP contribution in [0.2, 0.25) is 0 Å². The van der Waals surface area contributed by atoms with Gasteiger partial charge in [-0.3, -0.25) is 9.52 Å². The molecular weight excluding hydrogens is 414 g/mol. The van der Waals surface area contributed by atoms with Crippen LogP contribution in [-0.4, -0.2) is 21.4 Å². The quantitative estimate of drug-likeness (QED) is 0.607. The topological polar surface area (TPSA) is 84.5 Å². The number of rotatable bonds is 6. The van der Waals surface area contributed by atoms with E-state index in [-0.39, 0.29) is 11.3 Å². The van der Waals surface area contributed by atoms with Crippen molar-refractivity contribution < 1.29 is 26.7 Å². The third kappa shape index (κ3) is 4.74. The number of hydrogen-bond donors (Lipinski definition) is 2. The summed E-state index contributed by atoms with van der Waals surface area (Å²) < 4.78 is 60.1. The van der Waals surface area contributed by atoms with Crippen molar-refractivity contribution in [1.82, 2.24) is 0 Å². The summed E-state index contributed by atoms with van der Waals surface area (Å²) in [4.78, 5) is 11.8. The number of hydrogen-bond acceptors (Lipinski definition) is 4. The minimum Gasteiger partial charge on any atom is -0.497 e. The lowest BCUT2D eigenvalue weighted by Gasteiger charge is -2.12. The van der Waals surface area contributed by atoms with Gasteiger partial charge in [-0.25, -0.2) is 17.2 Å². The minimum absolute atomic E-state index is 0.0739. The van der Waals surface area contributed by atoms with Gasteiger partial charge in [-0.05, 0) is 73.2 Å². The van der Waals surface area contributed by atoms with Gasteiger partial charge in [0.05, 0.1) is 7.11 Å². The van der Waals surface area contributed by atoms with Gasteiger partial charge in [0, 0.05) is 16.9 Å². The first-order valence-electron chi connectivity index (χ1n) is 8.73. The van der Waals surface area contributed by atoms with Gasteiger partial charge in [-0.15, -0.1) is 0 Å². The summed E-state index contributed by atoms with van der Waals surface area (Å²) in [6.45, 7) is 1.61. The van der Waals surface area contributed by atoms with Crippen molar-refractivity contribution in [2.75, 3.05) is 17.1 Å². The number of carbonyl (C=O) groups is 1. The molecule has 0 atom stereocenters. The lowest BCUT2D eigenvalue weighted by molar-refractivity contribution is 0.102. The first kappa shape index (κ1) is 21.3. The molecule has 0 saturated heterocycles. The van der Waals surface area contributed by atoms with E-state index in [0.29, 0.717) is 17.0 Å². The Kier molecular flexibility index (Phi) is 6.02. The summed E-state index contributed by atoms with van der Waals surface area (Å²) in [5.74, 6) is -1.60. The molecule has 0 bridgehead atoms. The van der Waals surface area contributed by atoms with Crippen LogP contribution >= 0.6 is 0 Å². The summed E-state index contributed by atoms with van der Waals surface area (Å²) >= 11 is 0. The minimum atomic E-state index is -4.30. The van der Waals surface area contributed by atoms with Crippen LogP contribution in [0.5, 0.6) is 5.75 Å². The molecule has 2 N–H and O–H groups in total. The Bertz CT molecular complexity index is 1200. The van der Waals surface area contributed by atoms with Gasteiger partial charge in [-0.2, -0.15) is 0 Å². The van der Waals surface area contributed by atoms with Crippen LogP contribution in [-0.2, 0) is 10.0 Å². The highest BCUT2D eigenvalue weighted by Crippen LogP contribution is 2.23. The molecule has 0 heterocycles.